The van der Waals surface area contributed by atoms with E-state index in [9.17, 15) is 4.79 Å². The average molecular weight is 221 g/mol. The molecule has 3 heteroatoms. The molecular weight excluding hydrogens is 202 g/mol. The van der Waals surface area contributed by atoms with E-state index in [0.29, 0.717) is 0 Å². The third kappa shape index (κ3) is 2.99. The van der Waals surface area contributed by atoms with Gasteiger partial charge in [0.1, 0.15) is 5.75 Å². The summed E-state index contributed by atoms with van der Waals surface area (Å²) in [4.78, 5) is 12.8. The summed E-state index contributed by atoms with van der Waals surface area (Å²) in [5.74, 6) is 0.738. The maximum Gasteiger partial charge on any atom is 0.162 e. The van der Waals surface area contributed by atoms with Crippen LogP contribution in [-0.4, -0.2) is 26.0 Å². The van der Waals surface area contributed by atoms with E-state index in [-0.39, 0.29) is 0 Å². The summed E-state index contributed by atoms with van der Waals surface area (Å²) >= 11 is 0. The van der Waals surface area contributed by atoms with Crippen molar-refractivity contribution in [1.82, 2.24) is 0 Å². The molecule has 3 nitrogen and oxygen atoms in total. The van der Waals surface area contributed by atoms with E-state index in [1.807, 2.05) is 44.1 Å². The van der Waals surface area contributed by atoms with E-state index < -0.39 is 5.60 Å². The number of benzene rings is 1. The summed E-state index contributed by atoms with van der Waals surface area (Å²) in [6.07, 6.45) is 0.814. The molecule has 0 heterocycles. The molecule has 0 saturated heterocycles. The predicted molar refractivity (Wildman–Crippen MR) is 66.3 cm³/mol. The highest BCUT2D eigenvalue weighted by Gasteiger charge is 2.20. The fraction of sp³-hybridized carbons (Fsp3) is 0.462. The van der Waals surface area contributed by atoms with Crippen molar-refractivity contribution < 1.29 is 9.53 Å². The van der Waals surface area contributed by atoms with Crippen LogP contribution in [0.5, 0.6) is 5.75 Å². The Bertz CT molecular complexity index is 384. The molecule has 1 aromatic carbocycles. The lowest BCUT2D eigenvalue weighted by molar-refractivity contribution is -0.118. The minimum Gasteiger partial charge on any atom is -0.478 e. The first-order valence-corrected chi connectivity index (χ1v) is 5.29. The van der Waals surface area contributed by atoms with Crippen LogP contribution in [0.2, 0.25) is 0 Å². The fourth-order valence-electron chi connectivity index (χ4n) is 1.38. The van der Waals surface area contributed by atoms with Crippen molar-refractivity contribution in [3.8, 4) is 5.75 Å². The highest BCUT2D eigenvalue weighted by molar-refractivity contribution is 5.64. The maximum atomic E-state index is 10.9. The zero-order valence-corrected chi connectivity index (χ0v) is 10.6. The number of nitrogens with zero attached hydrogens (tertiary/aromatic N) is 1. The average Bonchev–Trinajstić information content (AvgIpc) is 2.16. The fourth-order valence-corrected chi connectivity index (χ4v) is 1.38. The van der Waals surface area contributed by atoms with E-state index >= 15 is 0 Å². The SMILES string of the molecule is Cc1ccc(N(C)C)c(OC(C)(C)C=O)c1. The quantitative estimate of drug-likeness (QED) is 0.731. The number of carbonyl (C=O) groups is 1. The minimum atomic E-state index is -0.793. The summed E-state index contributed by atoms with van der Waals surface area (Å²) in [6.45, 7) is 5.50. The van der Waals surface area contributed by atoms with Crippen LogP contribution in [-0.2, 0) is 4.79 Å². The van der Waals surface area contributed by atoms with Crippen LogP contribution < -0.4 is 9.64 Å². The Morgan fingerprint density at radius 1 is 1.31 bits per heavy atom. The van der Waals surface area contributed by atoms with Gasteiger partial charge in [-0.1, -0.05) is 6.07 Å². The summed E-state index contributed by atoms with van der Waals surface area (Å²) in [5.41, 5.74) is 1.29. The van der Waals surface area contributed by atoms with Crippen LogP contribution in [0.4, 0.5) is 5.69 Å². The standard InChI is InChI=1S/C13H19NO2/c1-10-6-7-11(14(4)5)12(8-10)16-13(2,3)9-15/h6-9H,1-5H3. The molecule has 0 N–H and O–H groups in total. The van der Waals surface area contributed by atoms with Gasteiger partial charge in [-0.05, 0) is 38.5 Å². The van der Waals surface area contributed by atoms with Gasteiger partial charge in [0.25, 0.3) is 0 Å². The van der Waals surface area contributed by atoms with Crippen molar-refractivity contribution in [2.24, 2.45) is 0 Å². The second-order valence-corrected chi connectivity index (χ2v) is 4.69. The predicted octanol–water partition coefficient (Wildman–Crippen LogP) is 2.42. The van der Waals surface area contributed by atoms with Crippen molar-refractivity contribution >= 4 is 12.0 Å². The molecule has 0 atom stereocenters. The zero-order valence-electron chi connectivity index (χ0n) is 10.6. The molecule has 0 fully saturated rings. The molecule has 16 heavy (non-hydrogen) atoms. The molecule has 1 rings (SSSR count). The van der Waals surface area contributed by atoms with Crippen LogP contribution in [0, 0.1) is 6.92 Å². The number of hydrogen-bond donors (Lipinski definition) is 0. The Balaban J connectivity index is 3.10. The second-order valence-electron chi connectivity index (χ2n) is 4.69. The number of rotatable bonds is 4. The normalized spacial score (nSPS) is 11.1. The third-order valence-corrected chi connectivity index (χ3v) is 2.25. The molecule has 0 aliphatic rings. The first kappa shape index (κ1) is 12.6. The first-order valence-electron chi connectivity index (χ1n) is 5.29. The lowest BCUT2D eigenvalue weighted by atomic mass is 10.1. The number of hydrogen-bond acceptors (Lipinski definition) is 3. The molecule has 0 aromatic heterocycles. The van der Waals surface area contributed by atoms with E-state index in [1.165, 1.54) is 0 Å². The minimum absolute atomic E-state index is 0.738. The Kier molecular flexibility index (Phi) is 3.58. The molecule has 0 saturated carbocycles. The second kappa shape index (κ2) is 4.56. The first-order chi connectivity index (χ1) is 7.35. The molecule has 0 aliphatic carbocycles. The molecule has 0 amide bonds. The van der Waals surface area contributed by atoms with Gasteiger partial charge < -0.3 is 9.64 Å². The molecule has 0 spiro atoms. The Morgan fingerprint density at radius 2 is 1.94 bits per heavy atom. The number of carbonyl (C=O) groups excluding carboxylic acids is 1. The summed E-state index contributed by atoms with van der Waals surface area (Å²) in [7, 11) is 3.90. The van der Waals surface area contributed by atoms with Crippen LogP contribution in [0.15, 0.2) is 18.2 Å². The number of aldehydes is 1. The number of ether oxygens (including phenoxy) is 1. The molecule has 0 unspecified atom stereocenters. The summed E-state index contributed by atoms with van der Waals surface area (Å²) in [5, 5.41) is 0. The van der Waals surface area contributed by atoms with Gasteiger partial charge in [-0.25, -0.2) is 0 Å². The van der Waals surface area contributed by atoms with Crippen molar-refractivity contribution in [2.45, 2.75) is 26.4 Å². The molecule has 0 bridgehead atoms. The van der Waals surface area contributed by atoms with Gasteiger partial charge in [0.05, 0.1) is 5.69 Å². The lowest BCUT2D eigenvalue weighted by Crippen LogP contribution is -2.30. The maximum absolute atomic E-state index is 10.9. The van der Waals surface area contributed by atoms with Crippen molar-refractivity contribution in [3.63, 3.8) is 0 Å². The van der Waals surface area contributed by atoms with Gasteiger partial charge in [-0.3, -0.25) is 4.79 Å². The Morgan fingerprint density at radius 3 is 2.44 bits per heavy atom. The van der Waals surface area contributed by atoms with Gasteiger partial charge in [0.2, 0.25) is 0 Å². The zero-order chi connectivity index (χ0) is 12.3. The van der Waals surface area contributed by atoms with Crippen molar-refractivity contribution in [3.05, 3.63) is 23.8 Å². The van der Waals surface area contributed by atoms with Crippen LogP contribution >= 0.6 is 0 Å². The van der Waals surface area contributed by atoms with Gasteiger partial charge in [0.15, 0.2) is 11.9 Å². The molecule has 0 aliphatic heterocycles. The largest absolute Gasteiger partial charge is 0.478 e. The molecule has 1 aromatic rings. The molecule has 88 valence electrons. The summed E-state index contributed by atoms with van der Waals surface area (Å²) < 4.78 is 5.71. The van der Waals surface area contributed by atoms with Gasteiger partial charge in [-0.2, -0.15) is 0 Å². The number of aryl methyl sites for hydroxylation is 1. The highest BCUT2D eigenvalue weighted by atomic mass is 16.5. The molecule has 0 radical (unpaired) electrons. The van der Waals surface area contributed by atoms with Crippen molar-refractivity contribution in [2.75, 3.05) is 19.0 Å². The van der Waals surface area contributed by atoms with Gasteiger partial charge in [0, 0.05) is 14.1 Å². The Labute approximate surface area is 97.0 Å². The Hall–Kier alpha value is -1.51. The third-order valence-electron chi connectivity index (χ3n) is 2.25. The lowest BCUT2D eigenvalue weighted by Gasteiger charge is -2.24. The van der Waals surface area contributed by atoms with Gasteiger partial charge >= 0.3 is 0 Å². The van der Waals surface area contributed by atoms with E-state index in [0.717, 1.165) is 23.3 Å². The summed E-state index contributed by atoms with van der Waals surface area (Å²) in [6, 6.07) is 5.96. The highest BCUT2D eigenvalue weighted by Crippen LogP contribution is 2.30. The van der Waals surface area contributed by atoms with Crippen molar-refractivity contribution in [1.29, 1.82) is 0 Å². The van der Waals surface area contributed by atoms with Crippen LogP contribution in [0.25, 0.3) is 0 Å². The van der Waals surface area contributed by atoms with E-state index in [1.54, 1.807) is 13.8 Å². The topological polar surface area (TPSA) is 29.5 Å². The number of anilines is 1. The van der Waals surface area contributed by atoms with E-state index in [2.05, 4.69) is 0 Å². The van der Waals surface area contributed by atoms with Gasteiger partial charge in [-0.15, -0.1) is 0 Å². The van der Waals surface area contributed by atoms with Crippen LogP contribution in [0.1, 0.15) is 19.4 Å². The van der Waals surface area contributed by atoms with E-state index in [4.69, 9.17) is 4.74 Å². The monoisotopic (exact) mass is 221 g/mol. The van der Waals surface area contributed by atoms with Crippen LogP contribution in [0.3, 0.4) is 0 Å². The molecular formula is C13H19NO2. The smallest absolute Gasteiger partial charge is 0.162 e.